The van der Waals surface area contributed by atoms with Crippen molar-refractivity contribution in [2.45, 2.75) is 18.7 Å². The molecule has 0 unspecified atom stereocenters. The Morgan fingerprint density at radius 1 is 1.03 bits per heavy atom. The molecule has 9 heteroatoms. The van der Waals surface area contributed by atoms with E-state index < -0.39 is 9.84 Å². The summed E-state index contributed by atoms with van der Waals surface area (Å²) in [6.45, 7) is 5.05. The summed E-state index contributed by atoms with van der Waals surface area (Å²) in [5.74, 6) is 0.861. The first kappa shape index (κ1) is 24.2. The number of anilines is 1. The summed E-state index contributed by atoms with van der Waals surface area (Å²) in [6, 6.07) is 11.7. The molecule has 2 rings (SSSR count). The molecule has 1 amide bonds. The summed E-state index contributed by atoms with van der Waals surface area (Å²) < 4.78 is 36.8. The van der Waals surface area contributed by atoms with E-state index in [4.69, 9.17) is 9.47 Å². The first-order chi connectivity index (χ1) is 14.2. The average Bonchev–Trinajstić information content (AvgIpc) is 2.69. The van der Waals surface area contributed by atoms with Gasteiger partial charge in [0.15, 0.2) is 21.3 Å². The van der Waals surface area contributed by atoms with E-state index >= 15 is 0 Å². The largest absolute Gasteiger partial charge is 0.490 e. The van der Waals surface area contributed by atoms with Crippen molar-refractivity contribution < 1.29 is 22.7 Å². The molecule has 0 aliphatic carbocycles. The molecule has 0 heterocycles. The molecule has 0 radical (unpaired) electrons. The molecule has 2 aromatic rings. The third kappa shape index (κ3) is 7.30. The van der Waals surface area contributed by atoms with Gasteiger partial charge in [0.05, 0.1) is 30.4 Å². The van der Waals surface area contributed by atoms with Crippen molar-refractivity contribution in [2.75, 3.05) is 44.4 Å². The number of benzene rings is 2. The minimum atomic E-state index is -3.41. The third-order valence-electron chi connectivity index (χ3n) is 4.16. The van der Waals surface area contributed by atoms with Crippen LogP contribution in [0.25, 0.3) is 0 Å². The zero-order valence-electron chi connectivity index (χ0n) is 17.4. The van der Waals surface area contributed by atoms with Gasteiger partial charge in [-0.1, -0.05) is 15.9 Å². The van der Waals surface area contributed by atoms with Crippen LogP contribution < -0.4 is 14.8 Å². The van der Waals surface area contributed by atoms with E-state index in [1.54, 1.807) is 54.4 Å². The highest BCUT2D eigenvalue weighted by Gasteiger charge is 2.17. The summed E-state index contributed by atoms with van der Waals surface area (Å²) in [5, 5.41) is 2.81. The lowest BCUT2D eigenvalue weighted by Gasteiger charge is -2.17. The van der Waals surface area contributed by atoms with Gasteiger partial charge in [0.2, 0.25) is 5.91 Å². The molecule has 30 heavy (non-hydrogen) atoms. The smallest absolute Gasteiger partial charge is 0.238 e. The Morgan fingerprint density at radius 3 is 2.30 bits per heavy atom. The number of nitrogens with one attached hydrogen (secondary N) is 1. The van der Waals surface area contributed by atoms with E-state index in [0.29, 0.717) is 30.4 Å². The second kappa shape index (κ2) is 11.3. The Kier molecular flexibility index (Phi) is 9.13. The third-order valence-corrected chi connectivity index (χ3v) is 6.39. The Balaban J connectivity index is 1.91. The number of hydrogen-bond acceptors (Lipinski definition) is 6. The van der Waals surface area contributed by atoms with Gasteiger partial charge in [-0.2, -0.15) is 0 Å². The van der Waals surface area contributed by atoms with Gasteiger partial charge in [-0.15, -0.1) is 0 Å². The van der Waals surface area contributed by atoms with Crippen molar-refractivity contribution in [1.82, 2.24) is 4.90 Å². The molecule has 0 aliphatic rings. The molecule has 0 atom stereocenters. The summed E-state index contributed by atoms with van der Waals surface area (Å²) in [5.41, 5.74) is 0.586. The summed E-state index contributed by atoms with van der Waals surface area (Å²) in [4.78, 5) is 14.3. The number of carbonyl (C=O) groups is 1. The number of hydrogen-bond donors (Lipinski definition) is 1. The van der Waals surface area contributed by atoms with Crippen molar-refractivity contribution in [3.63, 3.8) is 0 Å². The van der Waals surface area contributed by atoms with E-state index in [2.05, 4.69) is 21.2 Å². The zero-order chi connectivity index (χ0) is 22.1. The zero-order valence-corrected chi connectivity index (χ0v) is 19.8. The maximum absolute atomic E-state index is 12.4. The van der Waals surface area contributed by atoms with Crippen molar-refractivity contribution in [3.8, 4) is 11.5 Å². The SMILES string of the molecule is CCOc1ccc(NC(=O)CN(C)CCS(=O)(=O)c2ccc(Br)cc2)cc1OCC. The van der Waals surface area contributed by atoms with Crippen LogP contribution in [0.15, 0.2) is 51.8 Å². The fourth-order valence-electron chi connectivity index (χ4n) is 2.69. The van der Waals surface area contributed by atoms with Crippen molar-refractivity contribution >= 4 is 37.4 Å². The predicted octanol–water partition coefficient (Wildman–Crippen LogP) is 3.59. The molecule has 0 bridgehead atoms. The van der Waals surface area contributed by atoms with Gasteiger partial charge in [-0.05, 0) is 57.3 Å². The molecule has 1 N–H and O–H groups in total. The second-order valence-electron chi connectivity index (χ2n) is 6.59. The van der Waals surface area contributed by atoms with Crippen LogP contribution in [0.3, 0.4) is 0 Å². The number of nitrogens with zero attached hydrogens (tertiary/aromatic N) is 1. The van der Waals surface area contributed by atoms with Gasteiger partial charge in [-0.3, -0.25) is 9.69 Å². The minimum Gasteiger partial charge on any atom is -0.490 e. The van der Waals surface area contributed by atoms with Crippen LogP contribution in [0.2, 0.25) is 0 Å². The quantitative estimate of drug-likeness (QED) is 0.509. The average molecular weight is 499 g/mol. The summed E-state index contributed by atoms with van der Waals surface area (Å²) >= 11 is 3.29. The van der Waals surface area contributed by atoms with E-state index in [9.17, 15) is 13.2 Å². The molecule has 0 spiro atoms. The second-order valence-corrected chi connectivity index (χ2v) is 9.61. The van der Waals surface area contributed by atoms with Gasteiger partial charge in [0.1, 0.15) is 0 Å². The maximum atomic E-state index is 12.4. The maximum Gasteiger partial charge on any atom is 0.238 e. The molecule has 0 aromatic heterocycles. The Morgan fingerprint density at radius 2 is 1.67 bits per heavy atom. The standard InChI is InChI=1S/C21H27BrN2O5S/c1-4-28-19-11-8-17(14-20(19)29-5-2)23-21(25)15-24(3)12-13-30(26,27)18-9-6-16(22)7-10-18/h6-11,14H,4-5,12-13,15H2,1-3H3,(H,23,25). The van der Waals surface area contributed by atoms with Gasteiger partial charge in [0.25, 0.3) is 0 Å². The van der Waals surface area contributed by atoms with Crippen LogP contribution >= 0.6 is 15.9 Å². The van der Waals surface area contributed by atoms with Crippen molar-refractivity contribution in [2.24, 2.45) is 0 Å². The van der Waals surface area contributed by atoms with Crippen LogP contribution in [0.1, 0.15) is 13.8 Å². The summed E-state index contributed by atoms with van der Waals surface area (Å²) in [7, 11) is -1.70. The minimum absolute atomic E-state index is 0.0625. The molecular weight excluding hydrogens is 472 g/mol. The van der Waals surface area contributed by atoms with Crippen LogP contribution in [0.4, 0.5) is 5.69 Å². The molecule has 164 valence electrons. The number of rotatable bonds is 11. The Bertz CT molecular complexity index is 948. The fraction of sp³-hybridized carbons (Fsp3) is 0.381. The number of halogens is 1. The van der Waals surface area contributed by atoms with E-state index in [1.807, 2.05) is 13.8 Å². The molecule has 7 nitrogen and oxygen atoms in total. The predicted molar refractivity (Wildman–Crippen MR) is 121 cm³/mol. The Hall–Kier alpha value is -2.10. The molecule has 0 aliphatic heterocycles. The Labute approximate surface area is 186 Å². The van der Waals surface area contributed by atoms with E-state index in [0.717, 1.165) is 4.47 Å². The van der Waals surface area contributed by atoms with Gasteiger partial charge in [-0.25, -0.2) is 8.42 Å². The van der Waals surface area contributed by atoms with Gasteiger partial charge < -0.3 is 14.8 Å². The molecule has 0 fully saturated rings. The molecular formula is C21H27BrN2O5S. The van der Waals surface area contributed by atoms with Crippen molar-refractivity contribution in [3.05, 3.63) is 46.9 Å². The van der Waals surface area contributed by atoms with Crippen LogP contribution in [0.5, 0.6) is 11.5 Å². The van der Waals surface area contributed by atoms with E-state index in [1.165, 1.54) is 0 Å². The first-order valence-corrected chi connectivity index (χ1v) is 12.1. The summed E-state index contributed by atoms with van der Waals surface area (Å²) in [6.07, 6.45) is 0. The molecule has 0 saturated heterocycles. The molecule has 0 saturated carbocycles. The fourth-order valence-corrected chi connectivity index (χ4v) is 4.29. The number of sulfone groups is 1. The highest BCUT2D eigenvalue weighted by Crippen LogP contribution is 2.30. The first-order valence-electron chi connectivity index (χ1n) is 9.61. The lowest BCUT2D eigenvalue weighted by molar-refractivity contribution is -0.117. The number of likely N-dealkylation sites (N-methyl/N-ethyl adjacent to an activating group) is 1. The van der Waals surface area contributed by atoms with E-state index in [-0.39, 0.29) is 29.6 Å². The number of carbonyl (C=O) groups excluding carboxylic acids is 1. The lowest BCUT2D eigenvalue weighted by Crippen LogP contribution is -2.33. The van der Waals surface area contributed by atoms with Crippen LogP contribution in [-0.2, 0) is 14.6 Å². The highest BCUT2D eigenvalue weighted by atomic mass is 79.9. The van der Waals surface area contributed by atoms with Crippen LogP contribution in [0, 0.1) is 0 Å². The highest BCUT2D eigenvalue weighted by molar-refractivity contribution is 9.10. The normalized spacial score (nSPS) is 11.4. The van der Waals surface area contributed by atoms with Crippen molar-refractivity contribution in [1.29, 1.82) is 0 Å². The number of ether oxygens (including phenoxy) is 2. The lowest BCUT2D eigenvalue weighted by atomic mass is 10.2. The van der Waals surface area contributed by atoms with Gasteiger partial charge in [0, 0.05) is 22.8 Å². The van der Waals surface area contributed by atoms with Crippen LogP contribution in [-0.4, -0.2) is 58.3 Å². The number of amides is 1. The monoisotopic (exact) mass is 498 g/mol. The van der Waals surface area contributed by atoms with Gasteiger partial charge >= 0.3 is 0 Å². The topological polar surface area (TPSA) is 84.9 Å². The molecule has 2 aromatic carbocycles.